The normalized spacial score (nSPS) is 9.67. The first-order chi connectivity index (χ1) is 4.22. The van der Waals surface area contributed by atoms with E-state index in [1.165, 1.54) is 12.3 Å². The third kappa shape index (κ3) is 1.38. The maximum Gasteiger partial charge on any atom is 0.139 e. The van der Waals surface area contributed by atoms with E-state index in [2.05, 4.69) is 4.98 Å². The smallest absolute Gasteiger partial charge is 0.139 e. The van der Waals surface area contributed by atoms with Gasteiger partial charge in [0.05, 0.1) is 9.26 Å². The Balaban J connectivity index is 3.25. The molecule has 1 aromatic heterocycles. The molecule has 0 unspecified atom stereocenters. The molecule has 0 aliphatic carbocycles. The molecule has 48 valence electrons. The number of aromatic nitrogens is 1. The maximum atomic E-state index is 12.5. The van der Waals surface area contributed by atoms with E-state index < -0.39 is 0 Å². The molecule has 1 nitrogen and oxygen atoms in total. The van der Waals surface area contributed by atoms with Crippen molar-refractivity contribution in [1.82, 2.24) is 4.98 Å². The zero-order valence-corrected chi connectivity index (χ0v) is 7.02. The predicted octanol–water partition coefficient (Wildman–Crippen LogP) is 2.13. The molecule has 0 fully saturated rings. The molecule has 0 aliphatic heterocycles. The van der Waals surface area contributed by atoms with Crippen molar-refractivity contribution < 1.29 is 4.39 Å². The molecule has 0 atom stereocenters. The molecule has 1 heterocycles. The van der Waals surface area contributed by atoms with Crippen LogP contribution in [0.15, 0.2) is 12.3 Å². The molecule has 9 heavy (non-hydrogen) atoms. The quantitative estimate of drug-likeness (QED) is 0.630. The Hall–Kier alpha value is -0.190. The number of rotatable bonds is 0. The third-order valence-corrected chi connectivity index (χ3v) is 2.31. The molecular weight excluding hydrogens is 232 g/mol. The van der Waals surface area contributed by atoms with E-state index in [4.69, 9.17) is 0 Å². The highest BCUT2D eigenvalue weighted by Crippen LogP contribution is 2.11. The van der Waals surface area contributed by atoms with Crippen molar-refractivity contribution in [3.05, 3.63) is 27.3 Å². The summed E-state index contributed by atoms with van der Waals surface area (Å²) in [5.41, 5.74) is 0.746. The van der Waals surface area contributed by atoms with E-state index in [1.54, 1.807) is 6.92 Å². The predicted molar refractivity (Wildman–Crippen MR) is 41.6 cm³/mol. The lowest BCUT2D eigenvalue weighted by atomic mass is 10.4. The van der Waals surface area contributed by atoms with Crippen LogP contribution in [0.25, 0.3) is 0 Å². The topological polar surface area (TPSA) is 12.9 Å². The van der Waals surface area contributed by atoms with Gasteiger partial charge in [0.25, 0.3) is 0 Å². The third-order valence-electron chi connectivity index (χ3n) is 1.02. The van der Waals surface area contributed by atoms with Gasteiger partial charge in [0, 0.05) is 6.20 Å². The molecule has 0 N–H and O–H groups in total. The SMILES string of the molecule is Cc1nccc(F)c1I. The van der Waals surface area contributed by atoms with Crippen molar-refractivity contribution in [2.24, 2.45) is 0 Å². The van der Waals surface area contributed by atoms with Gasteiger partial charge in [-0.3, -0.25) is 4.98 Å². The standard InChI is InChI=1S/C6H5FIN/c1-4-6(8)5(7)2-3-9-4/h2-3H,1H3. The van der Waals surface area contributed by atoms with E-state index in [1.807, 2.05) is 22.6 Å². The van der Waals surface area contributed by atoms with Gasteiger partial charge in [-0.2, -0.15) is 0 Å². The van der Waals surface area contributed by atoms with Crippen molar-refractivity contribution in [3.8, 4) is 0 Å². The molecule has 1 rings (SSSR count). The second-order valence-corrected chi connectivity index (χ2v) is 2.77. The minimum atomic E-state index is -0.192. The van der Waals surface area contributed by atoms with Gasteiger partial charge in [0.2, 0.25) is 0 Å². The number of hydrogen-bond acceptors (Lipinski definition) is 1. The number of nitrogens with zero attached hydrogens (tertiary/aromatic N) is 1. The number of hydrogen-bond donors (Lipinski definition) is 0. The number of aryl methyl sites for hydroxylation is 1. The molecule has 1 aromatic rings. The van der Waals surface area contributed by atoms with Gasteiger partial charge in [-0.25, -0.2) is 4.39 Å². The van der Waals surface area contributed by atoms with Gasteiger partial charge in [0.1, 0.15) is 5.82 Å². The van der Waals surface area contributed by atoms with Crippen molar-refractivity contribution in [2.45, 2.75) is 6.92 Å². The van der Waals surface area contributed by atoms with Crippen LogP contribution in [0, 0.1) is 16.3 Å². The second-order valence-electron chi connectivity index (χ2n) is 1.69. The van der Waals surface area contributed by atoms with Crippen LogP contribution >= 0.6 is 22.6 Å². The fraction of sp³-hybridized carbons (Fsp3) is 0.167. The summed E-state index contributed by atoms with van der Waals surface area (Å²) in [6.07, 6.45) is 1.47. The number of halogens is 2. The molecule has 0 saturated carbocycles. The molecule has 0 aliphatic rings. The van der Waals surface area contributed by atoms with E-state index in [-0.39, 0.29) is 5.82 Å². The van der Waals surface area contributed by atoms with Gasteiger partial charge in [0.15, 0.2) is 0 Å². The van der Waals surface area contributed by atoms with Crippen LogP contribution in [0.2, 0.25) is 0 Å². The first-order valence-electron chi connectivity index (χ1n) is 2.48. The van der Waals surface area contributed by atoms with E-state index in [0.29, 0.717) is 3.57 Å². The summed E-state index contributed by atoms with van der Waals surface area (Å²) in [4.78, 5) is 3.89. The molecule has 0 saturated heterocycles. The van der Waals surface area contributed by atoms with Crippen molar-refractivity contribution >= 4 is 22.6 Å². The van der Waals surface area contributed by atoms with Gasteiger partial charge in [-0.1, -0.05) is 0 Å². The highest BCUT2D eigenvalue weighted by molar-refractivity contribution is 14.1. The Morgan fingerprint density at radius 2 is 2.33 bits per heavy atom. The Morgan fingerprint density at radius 1 is 1.67 bits per heavy atom. The molecule has 0 aromatic carbocycles. The summed E-state index contributed by atoms with van der Waals surface area (Å²) in [5, 5.41) is 0. The van der Waals surface area contributed by atoms with Crippen LogP contribution in [-0.2, 0) is 0 Å². The molecular formula is C6H5FIN. The van der Waals surface area contributed by atoms with Crippen LogP contribution in [0.4, 0.5) is 4.39 Å². The maximum absolute atomic E-state index is 12.5. The molecule has 0 amide bonds. The van der Waals surface area contributed by atoms with Crippen molar-refractivity contribution in [2.75, 3.05) is 0 Å². The van der Waals surface area contributed by atoms with Crippen LogP contribution in [0.3, 0.4) is 0 Å². The van der Waals surface area contributed by atoms with E-state index >= 15 is 0 Å². The average Bonchev–Trinajstić information content (AvgIpc) is 1.83. The second kappa shape index (κ2) is 2.60. The van der Waals surface area contributed by atoms with Crippen molar-refractivity contribution in [1.29, 1.82) is 0 Å². The lowest BCUT2D eigenvalue weighted by molar-refractivity contribution is 0.615. The Morgan fingerprint density at radius 3 is 2.78 bits per heavy atom. The molecule has 3 heteroatoms. The van der Waals surface area contributed by atoms with Gasteiger partial charge in [-0.05, 0) is 35.6 Å². The lowest BCUT2D eigenvalue weighted by Crippen LogP contribution is -1.88. The highest BCUT2D eigenvalue weighted by Gasteiger charge is 1.99. The summed E-state index contributed by atoms with van der Waals surface area (Å²) in [5.74, 6) is -0.192. The fourth-order valence-electron chi connectivity index (χ4n) is 0.517. The van der Waals surface area contributed by atoms with Crippen LogP contribution in [0.1, 0.15) is 5.69 Å². The first-order valence-corrected chi connectivity index (χ1v) is 3.56. The van der Waals surface area contributed by atoms with E-state index in [9.17, 15) is 4.39 Å². The monoisotopic (exact) mass is 237 g/mol. The van der Waals surface area contributed by atoms with Gasteiger partial charge < -0.3 is 0 Å². The van der Waals surface area contributed by atoms with Crippen LogP contribution in [0.5, 0.6) is 0 Å². The molecule has 0 bridgehead atoms. The summed E-state index contributed by atoms with van der Waals surface area (Å²) in [6.45, 7) is 1.78. The summed E-state index contributed by atoms with van der Waals surface area (Å²) >= 11 is 1.93. The highest BCUT2D eigenvalue weighted by atomic mass is 127. The summed E-state index contributed by atoms with van der Waals surface area (Å²) in [6, 6.07) is 1.36. The Bertz CT molecular complexity index is 204. The summed E-state index contributed by atoms with van der Waals surface area (Å²) in [7, 11) is 0. The molecule has 0 radical (unpaired) electrons. The number of pyridine rings is 1. The minimum Gasteiger partial charge on any atom is -0.260 e. The van der Waals surface area contributed by atoms with Crippen molar-refractivity contribution in [3.63, 3.8) is 0 Å². The van der Waals surface area contributed by atoms with Gasteiger partial charge >= 0.3 is 0 Å². The zero-order chi connectivity index (χ0) is 6.85. The zero-order valence-electron chi connectivity index (χ0n) is 4.86. The molecule has 0 spiro atoms. The van der Waals surface area contributed by atoms with Gasteiger partial charge in [-0.15, -0.1) is 0 Å². The first kappa shape index (κ1) is 6.92. The van der Waals surface area contributed by atoms with Crippen LogP contribution in [-0.4, -0.2) is 4.98 Å². The summed E-state index contributed by atoms with van der Waals surface area (Å²) < 4.78 is 13.1. The Kier molecular flexibility index (Phi) is 2.00. The fourth-order valence-corrected chi connectivity index (χ4v) is 0.836. The van der Waals surface area contributed by atoms with E-state index in [0.717, 1.165) is 5.69 Å². The average molecular weight is 237 g/mol. The minimum absolute atomic E-state index is 0.192. The lowest BCUT2D eigenvalue weighted by Gasteiger charge is -1.94. The largest absolute Gasteiger partial charge is 0.260 e. The van der Waals surface area contributed by atoms with Crippen LogP contribution < -0.4 is 0 Å². The Labute approximate surface area is 66.4 Å².